The molecule has 0 saturated heterocycles. The van der Waals surface area contributed by atoms with Gasteiger partial charge in [0, 0.05) is 54.6 Å². The summed E-state index contributed by atoms with van der Waals surface area (Å²) in [5, 5.41) is 11.4. The smallest absolute Gasteiger partial charge is 0.336 e. The van der Waals surface area contributed by atoms with Crippen molar-refractivity contribution in [1.82, 2.24) is 4.58 Å². The number of fused-ring (bicyclic) bond motifs is 4. The van der Waals surface area contributed by atoms with Crippen molar-refractivity contribution in [2.24, 2.45) is 0 Å². The molecule has 6 rings (SSSR count). The van der Waals surface area contributed by atoms with Gasteiger partial charge in [-0.1, -0.05) is 24.3 Å². The summed E-state index contributed by atoms with van der Waals surface area (Å²) in [6, 6.07) is 13.5. The van der Waals surface area contributed by atoms with Crippen molar-refractivity contribution < 1.29 is 40.6 Å². The fraction of sp³-hybridized carbons (Fsp3) is 0.294. The van der Waals surface area contributed by atoms with Crippen LogP contribution in [0.3, 0.4) is 0 Å². The maximum atomic E-state index is 12.5. The number of rotatable bonds is 6. The number of nitrogens with zero attached hydrogens (tertiary/aromatic N) is 2. The van der Waals surface area contributed by atoms with Crippen LogP contribution in [0.4, 0.5) is 5.69 Å². The Balaban J connectivity index is 1.76. The third-order valence-corrected chi connectivity index (χ3v) is 10.6. The first-order chi connectivity index (χ1) is 21.7. The lowest BCUT2D eigenvalue weighted by Gasteiger charge is -2.41. The van der Waals surface area contributed by atoms with Crippen molar-refractivity contribution in [1.29, 1.82) is 0 Å². The van der Waals surface area contributed by atoms with Crippen LogP contribution in [0.5, 0.6) is 11.5 Å². The highest BCUT2D eigenvalue weighted by Gasteiger charge is 2.37. The van der Waals surface area contributed by atoms with E-state index in [4.69, 9.17) is 4.74 Å². The molecule has 3 heterocycles. The fourth-order valence-electron chi connectivity index (χ4n) is 6.66. The lowest BCUT2D eigenvalue weighted by atomic mass is 9.83. The molecule has 0 aliphatic carbocycles. The molecule has 3 N–H and O–H groups in total. The Morgan fingerprint density at radius 3 is 2.06 bits per heavy atom. The summed E-state index contributed by atoms with van der Waals surface area (Å²) in [4.78, 5) is 14.5. The Bertz CT molecular complexity index is 2340. The van der Waals surface area contributed by atoms with Crippen LogP contribution in [-0.2, 0) is 20.2 Å². The Morgan fingerprint density at radius 1 is 0.830 bits per heavy atom. The van der Waals surface area contributed by atoms with Gasteiger partial charge in [0.25, 0.3) is 20.2 Å². The maximum Gasteiger partial charge on any atom is 0.336 e. The van der Waals surface area contributed by atoms with Crippen molar-refractivity contribution in [2.45, 2.75) is 38.8 Å². The minimum atomic E-state index is -4.42. The average molecular weight is 680 g/mol. The van der Waals surface area contributed by atoms with Gasteiger partial charge < -0.3 is 14.7 Å². The van der Waals surface area contributed by atoms with Crippen LogP contribution in [0.1, 0.15) is 60.3 Å². The Morgan fingerprint density at radius 2 is 1.45 bits per heavy atom. The second kappa shape index (κ2) is 10.6. The minimum absolute atomic E-state index is 0.00986. The Kier molecular flexibility index (Phi) is 7.36. The number of ether oxygens (including phenoxy) is 1. The van der Waals surface area contributed by atoms with Crippen LogP contribution in [0.15, 0.2) is 60.7 Å². The van der Waals surface area contributed by atoms with E-state index >= 15 is 0 Å². The van der Waals surface area contributed by atoms with Crippen LogP contribution in [0.25, 0.3) is 16.7 Å². The monoisotopic (exact) mass is 679 g/mol. The van der Waals surface area contributed by atoms with E-state index in [1.807, 2.05) is 51.3 Å². The molecule has 0 spiro atoms. The zero-order valence-electron chi connectivity index (χ0n) is 26.7. The molecule has 13 heteroatoms. The fourth-order valence-corrected chi connectivity index (χ4v) is 7.93. The first kappa shape index (κ1) is 32.6. The normalized spacial score (nSPS) is 17.8. The molecule has 246 valence electrons. The lowest BCUT2D eigenvalue weighted by molar-refractivity contribution is 0.0696. The number of carbonyl (C=O) groups is 1. The van der Waals surface area contributed by atoms with Gasteiger partial charge in [-0.3, -0.25) is 9.11 Å². The van der Waals surface area contributed by atoms with E-state index in [1.54, 1.807) is 54.6 Å². The number of hydrogen-bond donors (Lipinski definition) is 3. The molecule has 0 saturated carbocycles. The van der Waals surface area contributed by atoms with Crippen LogP contribution in [0, 0.1) is 0 Å². The predicted octanol–water partition coefficient (Wildman–Crippen LogP) is 3.42. The number of hydrogen-bond acceptors (Lipinski definition) is 7. The number of carboxylic acid groups (broad SMARTS) is 1. The molecule has 0 amide bonds. The minimum Gasteiger partial charge on any atom is -0.478 e. The zero-order chi connectivity index (χ0) is 34.4. The highest BCUT2D eigenvalue weighted by atomic mass is 32.2. The third kappa shape index (κ3) is 5.77. The number of carboxylic acids is 1. The molecule has 3 aliphatic rings. The molecule has 0 aromatic heterocycles. The molecule has 0 atom stereocenters. The predicted molar refractivity (Wildman–Crippen MR) is 180 cm³/mol. The van der Waals surface area contributed by atoms with Crippen molar-refractivity contribution in [3.05, 3.63) is 99.1 Å². The van der Waals surface area contributed by atoms with E-state index in [0.717, 1.165) is 0 Å². The summed E-state index contributed by atoms with van der Waals surface area (Å²) >= 11 is 0. The first-order valence-corrected chi connectivity index (χ1v) is 18.0. The second-order valence-corrected chi connectivity index (χ2v) is 16.2. The highest BCUT2D eigenvalue weighted by Crippen LogP contribution is 2.46. The topological polar surface area (TPSA) is 162 Å². The van der Waals surface area contributed by atoms with Crippen LogP contribution < -0.4 is 24.8 Å². The van der Waals surface area contributed by atoms with E-state index in [9.17, 15) is 35.8 Å². The van der Waals surface area contributed by atoms with E-state index in [1.165, 1.54) is 6.07 Å². The van der Waals surface area contributed by atoms with Crippen molar-refractivity contribution in [3.8, 4) is 11.5 Å². The molecule has 47 heavy (non-hydrogen) atoms. The molecule has 0 fully saturated rings. The van der Waals surface area contributed by atoms with Gasteiger partial charge in [0.15, 0.2) is 5.54 Å². The van der Waals surface area contributed by atoms with Gasteiger partial charge in [-0.25, -0.2) is 9.37 Å². The van der Waals surface area contributed by atoms with E-state index in [0.29, 0.717) is 66.7 Å². The van der Waals surface area contributed by atoms with Crippen LogP contribution in [0.2, 0.25) is 0 Å². The van der Waals surface area contributed by atoms with E-state index in [-0.39, 0.29) is 5.56 Å². The van der Waals surface area contributed by atoms with Gasteiger partial charge in [-0.15, -0.1) is 0 Å². The summed E-state index contributed by atoms with van der Waals surface area (Å²) in [7, 11) is -5.10. The van der Waals surface area contributed by atoms with Gasteiger partial charge in [0.1, 0.15) is 30.1 Å². The third-order valence-electron chi connectivity index (χ3n) is 9.26. The summed E-state index contributed by atoms with van der Waals surface area (Å²) < 4.78 is 76.8. The van der Waals surface area contributed by atoms with E-state index < -0.39 is 48.8 Å². The first-order valence-electron chi connectivity index (χ1n) is 14.7. The molecule has 3 aliphatic heterocycles. The standard InChI is InChI=1S/C34H34N2O9S2/c1-33(2)15-19(17-46(39,40)41)23-11-25-29(13-27(23)35(33)5)45-30-14-28-24(20(18-47(42,43)44)16-34(3,4)36(28)6)12-26(30)31(25)21-9-7-8-10-22(21)32(37)38/h7-16H,17-18H2,1-6H3,(H2-,37,38,39,40,41,42,43,44)/p+1. The SMILES string of the molecule is CN1c2cc3c(cc2C(CS(=O)(=O)O)=CC1(C)C)C(c1ccccc1C(=O)O)=c1cc2c(cc1O3)=[N+](C)C(C)(C)C=C2CS(=O)(=O)O. The zero-order valence-corrected chi connectivity index (χ0v) is 28.3. The molecule has 11 nitrogen and oxygen atoms in total. The van der Waals surface area contributed by atoms with Crippen molar-refractivity contribution in [2.75, 3.05) is 30.5 Å². The summed E-state index contributed by atoms with van der Waals surface area (Å²) in [5.74, 6) is -1.63. The van der Waals surface area contributed by atoms with Gasteiger partial charge in [-0.05, 0) is 54.8 Å². The van der Waals surface area contributed by atoms with Crippen molar-refractivity contribution in [3.63, 3.8) is 0 Å². The number of aromatic carboxylic acids is 1. The summed E-state index contributed by atoms with van der Waals surface area (Å²) in [6.07, 6.45) is 3.55. The quantitative estimate of drug-likeness (QED) is 0.203. The Hall–Kier alpha value is -4.30. The molecule has 3 aromatic rings. The molecule has 3 aromatic carbocycles. The number of anilines is 1. The highest BCUT2D eigenvalue weighted by molar-refractivity contribution is 7.86. The van der Waals surface area contributed by atoms with Gasteiger partial charge >= 0.3 is 5.97 Å². The second-order valence-electron chi connectivity index (χ2n) is 13.3. The van der Waals surface area contributed by atoms with Gasteiger partial charge in [-0.2, -0.15) is 16.8 Å². The lowest BCUT2D eigenvalue weighted by Crippen LogP contribution is -2.47. The number of benzene rings is 3. The Labute approximate surface area is 272 Å². The molecule has 0 bridgehead atoms. The summed E-state index contributed by atoms with van der Waals surface area (Å²) in [6.45, 7) is 7.66. The molecule has 0 radical (unpaired) electrons. The summed E-state index contributed by atoms with van der Waals surface area (Å²) in [5.41, 5.74) is 2.51. The number of likely N-dealkylation sites (N-methyl/N-ethyl adjacent to an activating group) is 2. The molecular weight excluding hydrogens is 645 g/mol. The van der Waals surface area contributed by atoms with Crippen molar-refractivity contribution >= 4 is 48.6 Å². The van der Waals surface area contributed by atoms with Gasteiger partial charge in [0.2, 0.25) is 5.36 Å². The largest absolute Gasteiger partial charge is 0.478 e. The van der Waals surface area contributed by atoms with Crippen LogP contribution in [-0.4, -0.2) is 73.7 Å². The average Bonchev–Trinajstić information content (AvgIpc) is 2.94. The van der Waals surface area contributed by atoms with E-state index in [2.05, 4.69) is 0 Å². The molecular formula is C34H35N2O9S2+. The molecule has 0 unspecified atom stereocenters. The van der Waals surface area contributed by atoms with Gasteiger partial charge in [0.05, 0.1) is 22.7 Å². The maximum absolute atomic E-state index is 12.5. The van der Waals surface area contributed by atoms with Crippen LogP contribution >= 0.6 is 0 Å².